The van der Waals surface area contributed by atoms with E-state index in [4.69, 9.17) is 14.9 Å². The van der Waals surface area contributed by atoms with Gasteiger partial charge in [-0.2, -0.15) is 0 Å². The van der Waals surface area contributed by atoms with E-state index in [1.54, 1.807) is 24.4 Å². The molecule has 0 spiro atoms. The van der Waals surface area contributed by atoms with E-state index in [1.165, 1.54) is 24.7 Å². The van der Waals surface area contributed by atoms with E-state index in [1.807, 2.05) is 30.3 Å². The standard InChI is InChI=1S/C28H27BrFN5O4S/c1-40(36,37)11-10-32-14-20-8-9-26(39-20)24-13-22-25(15-33-24)34-17-35-28(22,31)21-6-3-7-23(29)27(21)38-16-18-4-2-5-19(30)12-18/h2-9,12-13,15,17,32H,10-11,14,16,31H2,1H3,(H,34,35). The van der Waals surface area contributed by atoms with Crippen LogP contribution in [0.25, 0.3) is 11.5 Å². The zero-order chi connectivity index (χ0) is 28.3. The molecule has 208 valence electrons. The Hall–Kier alpha value is -3.58. The molecule has 0 amide bonds. The number of hydrogen-bond acceptors (Lipinski definition) is 9. The molecule has 2 aromatic heterocycles. The van der Waals surface area contributed by atoms with Crippen LogP contribution < -0.4 is 21.1 Å². The summed E-state index contributed by atoms with van der Waals surface area (Å²) in [6.07, 6.45) is 4.38. The highest BCUT2D eigenvalue weighted by Gasteiger charge is 2.37. The first kappa shape index (κ1) is 28.0. The van der Waals surface area contributed by atoms with E-state index in [0.717, 1.165) is 0 Å². The van der Waals surface area contributed by atoms with E-state index in [2.05, 4.69) is 36.5 Å². The second-order valence-electron chi connectivity index (χ2n) is 9.39. The molecule has 1 aliphatic heterocycles. The fourth-order valence-electron chi connectivity index (χ4n) is 4.33. The van der Waals surface area contributed by atoms with E-state index < -0.39 is 15.5 Å². The second kappa shape index (κ2) is 11.5. The average Bonchev–Trinajstić information content (AvgIpc) is 3.39. The lowest BCUT2D eigenvalue weighted by atomic mass is 9.89. The Balaban J connectivity index is 1.43. The number of halogens is 2. The zero-order valence-electron chi connectivity index (χ0n) is 21.5. The summed E-state index contributed by atoms with van der Waals surface area (Å²) >= 11 is 3.57. The molecule has 1 atom stereocenters. The maximum absolute atomic E-state index is 13.7. The van der Waals surface area contributed by atoms with Gasteiger partial charge in [-0.25, -0.2) is 17.8 Å². The van der Waals surface area contributed by atoms with Gasteiger partial charge in [0.05, 0.1) is 35.0 Å². The third-order valence-corrected chi connectivity index (χ3v) is 7.89. The van der Waals surface area contributed by atoms with Crippen LogP contribution in [0.1, 0.15) is 22.5 Å². The van der Waals surface area contributed by atoms with Gasteiger partial charge in [0.15, 0.2) is 11.4 Å². The third-order valence-electron chi connectivity index (χ3n) is 6.32. The van der Waals surface area contributed by atoms with Gasteiger partial charge in [-0.1, -0.05) is 24.3 Å². The maximum atomic E-state index is 13.7. The Bertz CT molecular complexity index is 1680. The number of aliphatic imine (C=N–C) groups is 1. The number of sulfone groups is 1. The molecule has 0 radical (unpaired) electrons. The Morgan fingerprint density at radius 1 is 1.15 bits per heavy atom. The number of nitrogens with two attached hydrogens (primary N) is 1. The highest BCUT2D eigenvalue weighted by molar-refractivity contribution is 9.10. The summed E-state index contributed by atoms with van der Waals surface area (Å²) in [6, 6.07) is 17.2. The van der Waals surface area contributed by atoms with Gasteiger partial charge in [0.1, 0.15) is 39.5 Å². The van der Waals surface area contributed by atoms with Crippen molar-refractivity contribution in [1.82, 2.24) is 10.3 Å². The van der Waals surface area contributed by atoms with Crippen molar-refractivity contribution in [2.24, 2.45) is 10.7 Å². The number of nitrogens with zero attached hydrogens (tertiary/aromatic N) is 2. The van der Waals surface area contributed by atoms with Crippen LogP contribution in [0, 0.1) is 5.82 Å². The predicted molar refractivity (Wildman–Crippen MR) is 155 cm³/mol. The van der Waals surface area contributed by atoms with E-state index in [9.17, 15) is 12.8 Å². The van der Waals surface area contributed by atoms with Crippen molar-refractivity contribution in [3.63, 3.8) is 0 Å². The molecule has 5 rings (SSSR count). The fraction of sp³-hybridized carbons (Fsp3) is 0.214. The molecule has 0 saturated heterocycles. The first-order valence-electron chi connectivity index (χ1n) is 12.4. The minimum atomic E-state index is -3.04. The van der Waals surface area contributed by atoms with Crippen LogP contribution in [0.3, 0.4) is 0 Å². The van der Waals surface area contributed by atoms with Crippen LogP contribution in [0.4, 0.5) is 10.1 Å². The van der Waals surface area contributed by atoms with Crippen molar-refractivity contribution in [3.8, 4) is 17.2 Å². The molecule has 0 saturated carbocycles. The first-order chi connectivity index (χ1) is 19.1. The summed E-state index contributed by atoms with van der Waals surface area (Å²) in [7, 11) is -3.04. The molecule has 3 heterocycles. The molecule has 0 aliphatic carbocycles. The van der Waals surface area contributed by atoms with Crippen molar-refractivity contribution in [2.75, 3.05) is 23.9 Å². The van der Waals surface area contributed by atoms with Gasteiger partial charge in [0, 0.05) is 23.9 Å². The Morgan fingerprint density at radius 3 is 2.77 bits per heavy atom. The summed E-state index contributed by atoms with van der Waals surface area (Å²) < 4.78 is 49.2. The fourth-order valence-corrected chi connectivity index (χ4v) is 5.32. The molecule has 1 unspecified atom stereocenters. The first-order valence-corrected chi connectivity index (χ1v) is 15.2. The molecule has 9 nitrogen and oxygen atoms in total. The Morgan fingerprint density at radius 2 is 1.98 bits per heavy atom. The molecular weight excluding hydrogens is 601 g/mol. The number of hydrogen-bond donors (Lipinski definition) is 3. The van der Waals surface area contributed by atoms with E-state index in [-0.39, 0.29) is 18.2 Å². The van der Waals surface area contributed by atoms with Crippen LogP contribution in [0.15, 0.2) is 80.7 Å². The number of nitrogens with one attached hydrogen (secondary N) is 2. The highest BCUT2D eigenvalue weighted by atomic mass is 79.9. The largest absolute Gasteiger partial charge is 0.487 e. The lowest BCUT2D eigenvalue weighted by Crippen LogP contribution is -2.40. The summed E-state index contributed by atoms with van der Waals surface area (Å²) in [6.45, 7) is 0.825. The van der Waals surface area contributed by atoms with Crippen molar-refractivity contribution in [2.45, 2.75) is 18.8 Å². The SMILES string of the molecule is CS(=O)(=O)CCNCc1ccc(-c2cc3c(cn2)NC=NC3(N)c2cccc(Br)c2OCc2cccc(F)c2)o1. The average molecular weight is 629 g/mol. The van der Waals surface area contributed by atoms with Crippen molar-refractivity contribution >= 4 is 37.8 Å². The number of ether oxygens (including phenoxy) is 1. The number of para-hydroxylation sites is 1. The number of fused-ring (bicyclic) bond motifs is 1. The molecule has 4 aromatic rings. The molecule has 4 N–H and O–H groups in total. The Labute approximate surface area is 239 Å². The normalized spacial score (nSPS) is 16.4. The van der Waals surface area contributed by atoms with Gasteiger partial charge in [0.2, 0.25) is 0 Å². The number of aromatic nitrogens is 1. The number of anilines is 1. The topological polar surface area (TPSA) is 132 Å². The van der Waals surface area contributed by atoms with Gasteiger partial charge in [-0.15, -0.1) is 0 Å². The third kappa shape index (κ3) is 6.25. The summed E-state index contributed by atoms with van der Waals surface area (Å²) in [5, 5.41) is 6.16. The minimum Gasteiger partial charge on any atom is -0.487 e. The quantitative estimate of drug-likeness (QED) is 0.218. The highest BCUT2D eigenvalue weighted by Crippen LogP contribution is 2.43. The van der Waals surface area contributed by atoms with Crippen molar-refractivity contribution in [3.05, 3.63) is 99.6 Å². The molecule has 1 aliphatic rings. The monoisotopic (exact) mass is 627 g/mol. The molecule has 2 aromatic carbocycles. The van der Waals surface area contributed by atoms with Crippen LogP contribution in [-0.2, 0) is 28.7 Å². The van der Waals surface area contributed by atoms with Crippen LogP contribution in [-0.4, -0.2) is 38.3 Å². The van der Waals surface area contributed by atoms with Crippen molar-refractivity contribution < 1.29 is 22.0 Å². The lowest BCUT2D eigenvalue weighted by molar-refractivity contribution is 0.294. The zero-order valence-corrected chi connectivity index (χ0v) is 23.9. The molecular formula is C28H27BrFN5O4S. The van der Waals surface area contributed by atoms with Crippen LogP contribution in [0.2, 0.25) is 0 Å². The minimum absolute atomic E-state index is 0.0442. The van der Waals surface area contributed by atoms with Gasteiger partial charge < -0.3 is 19.8 Å². The number of furan rings is 1. The molecule has 0 fully saturated rings. The van der Waals surface area contributed by atoms with E-state index in [0.29, 0.717) is 62.9 Å². The number of rotatable bonds is 10. The van der Waals surface area contributed by atoms with Crippen molar-refractivity contribution in [1.29, 1.82) is 0 Å². The smallest absolute Gasteiger partial charge is 0.167 e. The van der Waals surface area contributed by atoms with Crippen LogP contribution in [0.5, 0.6) is 5.75 Å². The van der Waals surface area contributed by atoms with Crippen LogP contribution >= 0.6 is 15.9 Å². The number of pyridine rings is 1. The summed E-state index contributed by atoms with van der Waals surface area (Å²) in [5.74, 6) is 1.35. The maximum Gasteiger partial charge on any atom is 0.167 e. The summed E-state index contributed by atoms with van der Waals surface area (Å²) in [5.41, 5.74) is 8.82. The van der Waals surface area contributed by atoms with E-state index >= 15 is 0 Å². The molecule has 12 heteroatoms. The van der Waals surface area contributed by atoms with Gasteiger partial charge >= 0.3 is 0 Å². The molecule has 40 heavy (non-hydrogen) atoms. The lowest BCUT2D eigenvalue weighted by Gasteiger charge is -2.33. The summed E-state index contributed by atoms with van der Waals surface area (Å²) in [4.78, 5) is 9.16. The second-order valence-corrected chi connectivity index (χ2v) is 12.5. The van der Waals surface area contributed by atoms with Gasteiger partial charge in [0.25, 0.3) is 0 Å². The Kier molecular flexibility index (Phi) is 8.04. The van der Waals surface area contributed by atoms with Gasteiger partial charge in [-0.05, 0) is 57.9 Å². The predicted octanol–water partition coefficient (Wildman–Crippen LogP) is 4.57. The van der Waals surface area contributed by atoms with Gasteiger partial charge in [-0.3, -0.25) is 10.7 Å². The molecule has 0 bridgehead atoms. The number of benzene rings is 2.